The Balaban J connectivity index is 0.000000468. The molecule has 0 saturated carbocycles. The highest BCUT2D eigenvalue weighted by Gasteiger charge is 2.39. The zero-order chi connectivity index (χ0) is 33.3. The predicted molar refractivity (Wildman–Crippen MR) is 168 cm³/mol. The molecule has 2 aromatic carbocycles. The molecule has 2 aliphatic heterocycles. The zero-order valence-corrected chi connectivity index (χ0v) is 26.1. The van der Waals surface area contributed by atoms with E-state index in [1.165, 1.54) is 23.1 Å². The molecule has 2 aromatic rings. The third kappa shape index (κ3) is 9.56. The molecule has 0 aliphatic carbocycles. The summed E-state index contributed by atoms with van der Waals surface area (Å²) in [4.78, 5) is 37.0. The number of hydrogen-bond donors (Lipinski definition) is 8. The second kappa shape index (κ2) is 15.6. The van der Waals surface area contributed by atoms with Gasteiger partial charge in [0.1, 0.15) is 28.3 Å². The highest BCUT2D eigenvalue weighted by Crippen LogP contribution is 2.32. The summed E-state index contributed by atoms with van der Waals surface area (Å²) in [5.41, 5.74) is 6.69. The van der Waals surface area contributed by atoms with E-state index in [4.69, 9.17) is 21.4 Å². The van der Waals surface area contributed by atoms with Gasteiger partial charge in [-0.3, -0.25) is 10.2 Å². The molecule has 2 aliphatic rings. The number of carboxylic acids is 2. The van der Waals surface area contributed by atoms with Crippen molar-refractivity contribution in [3.8, 4) is 5.75 Å². The minimum Gasteiger partial charge on any atom is -0.507 e. The van der Waals surface area contributed by atoms with E-state index in [1.807, 2.05) is 13.0 Å². The topological polar surface area (TPSA) is 235 Å². The number of likely N-dealkylation sites (tertiary alicyclic amines) is 1. The van der Waals surface area contributed by atoms with E-state index in [0.29, 0.717) is 37.4 Å². The van der Waals surface area contributed by atoms with Crippen molar-refractivity contribution in [3.05, 3.63) is 53.6 Å². The Morgan fingerprint density at radius 3 is 2.44 bits per heavy atom. The van der Waals surface area contributed by atoms with Gasteiger partial charge in [-0.25, -0.2) is 18.0 Å². The number of piperidine rings is 1. The number of hydrogen-bond acceptors (Lipinski definition) is 8. The first-order valence-corrected chi connectivity index (χ1v) is 16.2. The van der Waals surface area contributed by atoms with Gasteiger partial charge in [0.25, 0.3) is 0 Å². The number of benzene rings is 2. The molecule has 14 nitrogen and oxygen atoms in total. The van der Waals surface area contributed by atoms with Crippen LogP contribution in [0.25, 0.3) is 0 Å². The summed E-state index contributed by atoms with van der Waals surface area (Å²) >= 11 is 0. The van der Waals surface area contributed by atoms with Crippen molar-refractivity contribution in [2.45, 2.75) is 62.9 Å². The van der Waals surface area contributed by atoms with Crippen LogP contribution in [0.1, 0.15) is 55.5 Å². The molecule has 4 atom stereocenters. The number of aliphatic carboxylic acids is 1. The lowest BCUT2D eigenvalue weighted by atomic mass is 9.91. The SMILES string of the molecule is CC1CNc2c(cccc2S(=O)(=O)NC(CCCNC(=N)N)C(=O)N2CC[C@@H](C)C[C@@H]2C(=O)O)C1.O=C(O)c1ccccc1O. The summed E-state index contributed by atoms with van der Waals surface area (Å²) < 4.78 is 29.5. The van der Waals surface area contributed by atoms with E-state index in [1.54, 1.807) is 18.2 Å². The summed E-state index contributed by atoms with van der Waals surface area (Å²) in [5.74, 6) is -2.67. The van der Waals surface area contributed by atoms with Crippen LogP contribution >= 0.6 is 0 Å². The van der Waals surface area contributed by atoms with Crippen LogP contribution in [-0.2, 0) is 26.0 Å². The molecule has 1 saturated heterocycles. The maximum Gasteiger partial charge on any atom is 0.339 e. The number of amides is 1. The number of guanidine groups is 1. The van der Waals surface area contributed by atoms with E-state index in [9.17, 15) is 27.9 Å². The van der Waals surface area contributed by atoms with E-state index >= 15 is 0 Å². The lowest BCUT2D eigenvalue weighted by Crippen LogP contribution is -2.56. The number of carbonyl (C=O) groups excluding carboxylic acids is 1. The summed E-state index contributed by atoms with van der Waals surface area (Å²) in [5, 5.41) is 40.2. The van der Waals surface area contributed by atoms with E-state index in [-0.39, 0.29) is 47.6 Å². The van der Waals surface area contributed by atoms with Crippen molar-refractivity contribution in [2.75, 3.05) is 25.0 Å². The van der Waals surface area contributed by atoms with Crippen LogP contribution in [0, 0.1) is 17.2 Å². The monoisotopic (exact) mass is 646 g/mol. The third-order valence-electron chi connectivity index (χ3n) is 7.75. The van der Waals surface area contributed by atoms with Crippen LogP contribution in [0.2, 0.25) is 0 Å². The van der Waals surface area contributed by atoms with Gasteiger partial charge in [0.05, 0.1) is 5.69 Å². The minimum absolute atomic E-state index is 0.0671. The van der Waals surface area contributed by atoms with E-state index in [0.717, 1.165) is 12.0 Å². The molecule has 1 fully saturated rings. The summed E-state index contributed by atoms with van der Waals surface area (Å²) in [6, 6.07) is 8.74. The van der Waals surface area contributed by atoms with Crippen molar-refractivity contribution >= 4 is 39.5 Å². The van der Waals surface area contributed by atoms with Gasteiger partial charge in [0, 0.05) is 19.6 Å². The van der Waals surface area contributed by atoms with Gasteiger partial charge < -0.3 is 36.6 Å². The maximum absolute atomic E-state index is 13.5. The second-order valence-electron chi connectivity index (χ2n) is 11.5. The number of aromatic carboxylic acids is 1. The van der Waals surface area contributed by atoms with Crippen molar-refractivity contribution < 1.29 is 38.1 Å². The molecule has 0 bridgehead atoms. The third-order valence-corrected chi connectivity index (χ3v) is 9.26. The van der Waals surface area contributed by atoms with Gasteiger partial charge in [0.2, 0.25) is 15.9 Å². The van der Waals surface area contributed by atoms with Gasteiger partial charge in [-0.2, -0.15) is 4.72 Å². The van der Waals surface area contributed by atoms with Crippen LogP contribution in [0.3, 0.4) is 0 Å². The predicted octanol–water partition coefficient (Wildman–Crippen LogP) is 2.00. The molecule has 2 heterocycles. The largest absolute Gasteiger partial charge is 0.507 e. The van der Waals surface area contributed by atoms with Crippen LogP contribution < -0.4 is 21.1 Å². The molecule has 4 rings (SSSR count). The van der Waals surface area contributed by atoms with Gasteiger partial charge in [-0.15, -0.1) is 0 Å². The van der Waals surface area contributed by atoms with Gasteiger partial charge >= 0.3 is 11.9 Å². The molecule has 0 spiro atoms. The standard InChI is InChI=1S/C23H36N6O5S.C7H6O3/c1-14-8-10-29(18(12-14)22(31)32)21(30)17(6-4-9-26-23(24)25)28-35(33,34)19-7-3-5-16-11-15(2)13-27-20(16)19;8-6-4-2-1-3-5(6)7(9)10/h3,5,7,14-15,17-18,27-28H,4,6,8-13H2,1-2H3,(H,31,32)(H4,24,25,26);1-4,8H,(H,9,10)/t14-,15?,17?,18-;/m1./s1. The number of aromatic hydroxyl groups is 1. The van der Waals surface area contributed by atoms with Crippen molar-refractivity contribution in [3.63, 3.8) is 0 Å². The second-order valence-corrected chi connectivity index (χ2v) is 13.2. The normalized spacial score (nSPS) is 20.0. The number of sulfonamides is 1. The Labute approximate surface area is 262 Å². The lowest BCUT2D eigenvalue weighted by molar-refractivity contribution is -0.153. The molecule has 0 aromatic heterocycles. The average molecular weight is 647 g/mol. The first kappa shape index (κ1) is 35.1. The number of carbonyl (C=O) groups is 3. The van der Waals surface area contributed by atoms with Gasteiger partial charge in [-0.1, -0.05) is 38.1 Å². The first-order chi connectivity index (χ1) is 21.2. The number of phenols is 1. The van der Waals surface area contributed by atoms with Crippen molar-refractivity contribution in [1.82, 2.24) is 14.9 Å². The number of nitrogens with two attached hydrogens (primary N) is 1. The molecule has 1 amide bonds. The Kier molecular flexibility index (Phi) is 12.1. The van der Waals surface area contributed by atoms with E-state index in [2.05, 4.69) is 22.3 Å². The van der Waals surface area contributed by atoms with Gasteiger partial charge in [-0.05, 0) is 67.7 Å². The summed E-state index contributed by atoms with van der Waals surface area (Å²) in [6.07, 6.45) is 2.19. The summed E-state index contributed by atoms with van der Waals surface area (Å²) in [7, 11) is -4.10. The zero-order valence-electron chi connectivity index (χ0n) is 25.3. The molecule has 0 radical (unpaired) electrons. The fraction of sp³-hybridized carbons (Fsp3) is 0.467. The molecule has 2 unspecified atom stereocenters. The number of nitrogens with zero attached hydrogens (tertiary/aromatic N) is 1. The number of anilines is 1. The number of nitrogens with one attached hydrogen (secondary N) is 4. The quantitative estimate of drug-likeness (QED) is 0.106. The van der Waals surface area contributed by atoms with Crippen LogP contribution in [0.5, 0.6) is 5.75 Å². The number of para-hydroxylation sites is 2. The number of fused-ring (bicyclic) bond motifs is 1. The van der Waals surface area contributed by atoms with Crippen LogP contribution in [0.4, 0.5) is 5.69 Å². The highest BCUT2D eigenvalue weighted by molar-refractivity contribution is 7.89. The smallest absolute Gasteiger partial charge is 0.339 e. The highest BCUT2D eigenvalue weighted by atomic mass is 32.2. The molecule has 246 valence electrons. The van der Waals surface area contributed by atoms with Crippen LogP contribution in [0.15, 0.2) is 47.4 Å². The van der Waals surface area contributed by atoms with Crippen molar-refractivity contribution in [2.24, 2.45) is 17.6 Å². The first-order valence-electron chi connectivity index (χ1n) is 14.7. The van der Waals surface area contributed by atoms with Crippen LogP contribution in [-0.4, -0.2) is 84.2 Å². The van der Waals surface area contributed by atoms with Gasteiger partial charge in [0.15, 0.2) is 5.96 Å². The average Bonchev–Trinajstić information content (AvgIpc) is 2.98. The lowest BCUT2D eigenvalue weighted by Gasteiger charge is -2.38. The number of rotatable bonds is 10. The molecular formula is C30H42N6O8S. The fourth-order valence-electron chi connectivity index (χ4n) is 5.40. The molecule has 15 heteroatoms. The Morgan fingerprint density at radius 1 is 1.11 bits per heavy atom. The molecular weight excluding hydrogens is 604 g/mol. The fourth-order valence-corrected chi connectivity index (χ4v) is 6.85. The summed E-state index contributed by atoms with van der Waals surface area (Å²) in [6.45, 7) is 5.20. The van der Waals surface area contributed by atoms with Crippen molar-refractivity contribution in [1.29, 1.82) is 5.41 Å². The Hall–Kier alpha value is -4.37. The van der Waals surface area contributed by atoms with E-state index < -0.39 is 40.0 Å². The molecule has 9 N–H and O–H groups in total. The Bertz CT molecular complexity index is 1500. The number of carboxylic acid groups (broad SMARTS) is 2. The maximum atomic E-state index is 13.5. The minimum atomic E-state index is -4.10. The Morgan fingerprint density at radius 2 is 1.82 bits per heavy atom. The molecule has 45 heavy (non-hydrogen) atoms.